The monoisotopic (exact) mass is 474 g/mol. The summed E-state index contributed by atoms with van der Waals surface area (Å²) < 4.78 is 26.1. The number of rotatable bonds is 10. The molecule has 4 rings (SSSR count). The summed E-state index contributed by atoms with van der Waals surface area (Å²) in [5.41, 5.74) is 2.60. The van der Waals surface area contributed by atoms with Gasteiger partial charge in [-0.3, -0.25) is 0 Å². The predicted molar refractivity (Wildman–Crippen MR) is 139 cm³/mol. The van der Waals surface area contributed by atoms with E-state index in [1.807, 2.05) is 54.6 Å². The number of hydrogen-bond donors (Lipinski definition) is 0. The van der Waals surface area contributed by atoms with Crippen LogP contribution in [0, 0.1) is 5.41 Å². The van der Waals surface area contributed by atoms with Crippen molar-refractivity contribution in [1.29, 1.82) is 0 Å². The van der Waals surface area contributed by atoms with Gasteiger partial charge in [0.2, 0.25) is 0 Å². The van der Waals surface area contributed by atoms with Crippen molar-refractivity contribution >= 4 is 0 Å². The first kappa shape index (κ1) is 25.6. The number of ether oxygens (including phenoxy) is 4. The van der Waals surface area contributed by atoms with Gasteiger partial charge in [-0.05, 0) is 29.0 Å². The van der Waals surface area contributed by atoms with E-state index in [4.69, 9.17) is 18.9 Å². The van der Waals surface area contributed by atoms with Gasteiger partial charge >= 0.3 is 0 Å². The minimum Gasteiger partial charge on any atom is -0.374 e. The van der Waals surface area contributed by atoms with Crippen molar-refractivity contribution in [2.75, 3.05) is 6.61 Å². The molecule has 1 saturated heterocycles. The summed E-state index contributed by atoms with van der Waals surface area (Å²) in [7, 11) is 0. The van der Waals surface area contributed by atoms with Crippen LogP contribution in [0.2, 0.25) is 0 Å². The van der Waals surface area contributed by atoms with Crippen LogP contribution in [0.15, 0.2) is 91.0 Å². The van der Waals surface area contributed by atoms with Crippen molar-refractivity contribution in [2.24, 2.45) is 5.41 Å². The molecule has 0 aromatic heterocycles. The second-order valence-electron chi connectivity index (χ2n) is 10.6. The second-order valence-corrected chi connectivity index (χ2v) is 10.6. The van der Waals surface area contributed by atoms with Crippen molar-refractivity contribution in [2.45, 2.75) is 71.4 Å². The Morgan fingerprint density at radius 2 is 1.20 bits per heavy atom. The summed E-state index contributed by atoms with van der Waals surface area (Å²) in [6, 6.07) is 30.8. The molecule has 0 N–H and O–H groups in total. The molecule has 0 bridgehead atoms. The van der Waals surface area contributed by atoms with Gasteiger partial charge in [-0.15, -0.1) is 0 Å². The Balaban J connectivity index is 1.55. The summed E-state index contributed by atoms with van der Waals surface area (Å²) >= 11 is 0. The van der Waals surface area contributed by atoms with Gasteiger partial charge in [0.1, 0.15) is 17.8 Å². The largest absolute Gasteiger partial charge is 0.374 e. The summed E-state index contributed by atoms with van der Waals surface area (Å²) in [4.78, 5) is 0. The molecule has 1 heterocycles. The van der Waals surface area contributed by atoms with Crippen molar-refractivity contribution in [1.82, 2.24) is 0 Å². The zero-order valence-electron chi connectivity index (χ0n) is 21.4. The van der Waals surface area contributed by atoms with Crippen LogP contribution in [-0.2, 0) is 38.8 Å². The summed E-state index contributed by atoms with van der Waals surface area (Å²) in [5.74, 6) is 0. The van der Waals surface area contributed by atoms with E-state index in [9.17, 15) is 0 Å². The van der Waals surface area contributed by atoms with Crippen LogP contribution in [0.1, 0.15) is 44.4 Å². The standard InChI is InChI=1S/C31H38O4/c1-30(2,3)29-31(4,34-22-26-18-12-7-13-19-26)28(33-21-25-16-10-6-11-17-25)27(35-29)23-32-20-24-14-8-5-9-15-24/h5-19,27-29H,20-23H2,1-4H3. The maximum atomic E-state index is 6.71. The fourth-order valence-corrected chi connectivity index (χ4v) is 4.96. The van der Waals surface area contributed by atoms with Crippen LogP contribution in [-0.4, -0.2) is 30.5 Å². The molecule has 186 valence electrons. The number of benzene rings is 3. The smallest absolute Gasteiger partial charge is 0.121 e. The minimum absolute atomic E-state index is 0.145. The highest BCUT2D eigenvalue weighted by Gasteiger charge is 2.59. The third-order valence-electron chi connectivity index (χ3n) is 6.58. The van der Waals surface area contributed by atoms with Crippen LogP contribution >= 0.6 is 0 Å². The molecular formula is C31H38O4. The van der Waals surface area contributed by atoms with Gasteiger partial charge in [0.15, 0.2) is 0 Å². The van der Waals surface area contributed by atoms with Crippen LogP contribution in [0.4, 0.5) is 0 Å². The Bertz CT molecular complexity index is 1020. The first-order valence-corrected chi connectivity index (χ1v) is 12.5. The maximum Gasteiger partial charge on any atom is 0.121 e. The Morgan fingerprint density at radius 1 is 0.714 bits per heavy atom. The highest BCUT2D eigenvalue weighted by Crippen LogP contribution is 2.45. The second kappa shape index (κ2) is 11.5. The molecule has 0 saturated carbocycles. The molecule has 0 radical (unpaired) electrons. The van der Waals surface area contributed by atoms with Crippen molar-refractivity contribution < 1.29 is 18.9 Å². The lowest BCUT2D eigenvalue weighted by Crippen LogP contribution is -2.53. The van der Waals surface area contributed by atoms with Crippen LogP contribution in [0.5, 0.6) is 0 Å². The maximum absolute atomic E-state index is 6.71. The van der Waals surface area contributed by atoms with E-state index in [0.29, 0.717) is 26.4 Å². The van der Waals surface area contributed by atoms with Gasteiger partial charge in [0.25, 0.3) is 0 Å². The summed E-state index contributed by atoms with van der Waals surface area (Å²) in [6.07, 6.45) is -0.691. The quantitative estimate of drug-likeness (QED) is 0.333. The lowest BCUT2D eigenvalue weighted by Gasteiger charge is -2.40. The van der Waals surface area contributed by atoms with E-state index >= 15 is 0 Å². The zero-order valence-corrected chi connectivity index (χ0v) is 21.4. The molecule has 4 nitrogen and oxygen atoms in total. The highest BCUT2D eigenvalue weighted by atomic mass is 16.6. The first-order chi connectivity index (χ1) is 16.9. The molecule has 0 spiro atoms. The van der Waals surface area contributed by atoms with Gasteiger partial charge in [-0.1, -0.05) is 112 Å². The van der Waals surface area contributed by atoms with Gasteiger partial charge in [0, 0.05) is 0 Å². The lowest BCUT2D eigenvalue weighted by molar-refractivity contribution is -0.163. The van der Waals surface area contributed by atoms with Gasteiger partial charge in [0.05, 0.1) is 32.5 Å². The Morgan fingerprint density at radius 3 is 1.71 bits per heavy atom. The molecule has 1 aliphatic rings. The van der Waals surface area contributed by atoms with E-state index < -0.39 is 5.60 Å². The van der Waals surface area contributed by atoms with Crippen LogP contribution in [0.3, 0.4) is 0 Å². The fourth-order valence-electron chi connectivity index (χ4n) is 4.96. The van der Waals surface area contributed by atoms with Gasteiger partial charge in [-0.2, -0.15) is 0 Å². The summed E-state index contributed by atoms with van der Waals surface area (Å²) in [6.45, 7) is 10.7. The topological polar surface area (TPSA) is 36.9 Å². The van der Waals surface area contributed by atoms with E-state index in [2.05, 4.69) is 64.1 Å². The molecule has 0 amide bonds. The molecule has 4 unspecified atom stereocenters. The van der Waals surface area contributed by atoms with Gasteiger partial charge < -0.3 is 18.9 Å². The first-order valence-electron chi connectivity index (χ1n) is 12.5. The number of hydrogen-bond acceptors (Lipinski definition) is 4. The van der Waals surface area contributed by atoms with Crippen molar-refractivity contribution in [3.8, 4) is 0 Å². The molecule has 0 aliphatic carbocycles. The third-order valence-corrected chi connectivity index (χ3v) is 6.58. The average molecular weight is 475 g/mol. The molecule has 4 heteroatoms. The molecular weight excluding hydrogens is 436 g/mol. The van der Waals surface area contributed by atoms with Gasteiger partial charge in [-0.25, -0.2) is 0 Å². The predicted octanol–water partition coefficient (Wildman–Crippen LogP) is 6.58. The molecule has 1 aliphatic heterocycles. The Hall–Kier alpha value is -2.50. The molecule has 4 atom stereocenters. The average Bonchev–Trinajstić information content (AvgIpc) is 3.15. The lowest BCUT2D eigenvalue weighted by atomic mass is 9.77. The van der Waals surface area contributed by atoms with Crippen LogP contribution in [0.25, 0.3) is 0 Å². The zero-order chi connectivity index (χ0) is 24.7. The van der Waals surface area contributed by atoms with E-state index in [1.54, 1.807) is 0 Å². The van der Waals surface area contributed by atoms with Crippen molar-refractivity contribution in [3.63, 3.8) is 0 Å². The molecule has 3 aromatic carbocycles. The highest BCUT2D eigenvalue weighted by molar-refractivity contribution is 5.17. The van der Waals surface area contributed by atoms with E-state index in [0.717, 1.165) is 16.7 Å². The Kier molecular flexibility index (Phi) is 8.40. The molecule has 1 fully saturated rings. The normalized spacial score (nSPS) is 24.5. The minimum atomic E-state index is -0.649. The summed E-state index contributed by atoms with van der Waals surface area (Å²) in [5, 5.41) is 0. The molecule has 3 aromatic rings. The Labute approximate surface area is 210 Å². The third kappa shape index (κ3) is 6.59. The van der Waals surface area contributed by atoms with Crippen LogP contribution < -0.4 is 0 Å². The van der Waals surface area contributed by atoms with Crippen molar-refractivity contribution in [3.05, 3.63) is 108 Å². The van der Waals surface area contributed by atoms with E-state index in [-0.39, 0.29) is 23.7 Å². The van der Waals surface area contributed by atoms with E-state index in [1.165, 1.54) is 0 Å². The SMILES string of the molecule is CC(C)(C)C1OC(COCc2ccccc2)C(OCc2ccccc2)C1(C)OCc1ccccc1. The fraction of sp³-hybridized carbons (Fsp3) is 0.419. The molecule has 35 heavy (non-hydrogen) atoms.